The monoisotopic (exact) mass is 451 g/mol. The molecular weight excluding hydrogens is 425 g/mol. The van der Waals surface area contributed by atoms with Crippen molar-refractivity contribution in [2.24, 2.45) is 7.05 Å². The van der Waals surface area contributed by atoms with Crippen molar-refractivity contribution >= 4 is 34.8 Å². The van der Waals surface area contributed by atoms with Gasteiger partial charge in [0.25, 0.3) is 0 Å². The van der Waals surface area contributed by atoms with Gasteiger partial charge in [0.1, 0.15) is 5.82 Å². The van der Waals surface area contributed by atoms with E-state index in [4.69, 9.17) is 23.2 Å². The minimum absolute atomic E-state index is 0.00268. The smallest absolute Gasteiger partial charge is 0.324 e. The predicted molar refractivity (Wildman–Crippen MR) is 118 cm³/mol. The van der Waals surface area contributed by atoms with E-state index in [2.05, 4.69) is 15.3 Å². The molecule has 2 fully saturated rings. The minimum atomic E-state index is -0.113. The molecule has 162 valence electrons. The summed E-state index contributed by atoms with van der Waals surface area (Å²) in [6, 6.07) is 5.47. The molecule has 1 saturated carbocycles. The lowest BCUT2D eigenvalue weighted by atomic mass is 9.95. The van der Waals surface area contributed by atoms with Crippen LogP contribution >= 0.6 is 23.2 Å². The maximum Gasteiger partial charge on any atom is 0.345 e. The minimum Gasteiger partial charge on any atom is -0.324 e. The van der Waals surface area contributed by atoms with Crippen LogP contribution in [0.5, 0.6) is 0 Å². The van der Waals surface area contributed by atoms with Gasteiger partial charge in [-0.2, -0.15) is 5.10 Å². The van der Waals surface area contributed by atoms with Gasteiger partial charge in [-0.25, -0.2) is 9.48 Å². The SMILES string of the molecule is Cn1nc(C2CCN(CC(=O)Nc3cccc(Cl)c3Cl)CC2)n(C2CCCC2)c1=O. The Morgan fingerprint density at radius 1 is 1.17 bits per heavy atom. The van der Waals surface area contributed by atoms with E-state index in [1.54, 1.807) is 25.2 Å². The van der Waals surface area contributed by atoms with Crippen LogP contribution in [0.25, 0.3) is 0 Å². The molecule has 0 bridgehead atoms. The molecule has 0 unspecified atom stereocenters. The quantitative estimate of drug-likeness (QED) is 0.749. The summed E-state index contributed by atoms with van der Waals surface area (Å²) in [7, 11) is 1.73. The van der Waals surface area contributed by atoms with E-state index in [-0.39, 0.29) is 23.6 Å². The van der Waals surface area contributed by atoms with E-state index in [0.29, 0.717) is 22.3 Å². The van der Waals surface area contributed by atoms with Crippen molar-refractivity contribution < 1.29 is 4.79 Å². The van der Waals surface area contributed by atoms with E-state index in [1.165, 1.54) is 17.5 Å². The highest BCUT2D eigenvalue weighted by Crippen LogP contribution is 2.33. The van der Waals surface area contributed by atoms with Crippen LogP contribution in [0.3, 0.4) is 0 Å². The van der Waals surface area contributed by atoms with E-state index < -0.39 is 0 Å². The largest absolute Gasteiger partial charge is 0.345 e. The first-order valence-electron chi connectivity index (χ1n) is 10.6. The second-order valence-corrected chi connectivity index (χ2v) is 9.06. The van der Waals surface area contributed by atoms with Gasteiger partial charge in [0, 0.05) is 19.0 Å². The molecule has 30 heavy (non-hydrogen) atoms. The number of likely N-dealkylation sites (tertiary alicyclic amines) is 1. The Hall–Kier alpha value is -1.83. The van der Waals surface area contributed by atoms with Gasteiger partial charge in [-0.15, -0.1) is 0 Å². The van der Waals surface area contributed by atoms with Crippen molar-refractivity contribution in [3.8, 4) is 0 Å². The number of rotatable bonds is 5. The number of amides is 1. The van der Waals surface area contributed by atoms with Crippen LogP contribution in [-0.4, -0.2) is 44.8 Å². The lowest BCUT2D eigenvalue weighted by molar-refractivity contribution is -0.117. The third-order valence-corrected chi connectivity index (χ3v) is 7.04. The molecule has 1 aliphatic heterocycles. The molecule has 1 N–H and O–H groups in total. The number of hydrogen-bond donors (Lipinski definition) is 1. The highest BCUT2D eigenvalue weighted by atomic mass is 35.5. The Morgan fingerprint density at radius 3 is 2.57 bits per heavy atom. The zero-order chi connectivity index (χ0) is 21.3. The third-order valence-electron chi connectivity index (χ3n) is 6.22. The van der Waals surface area contributed by atoms with Crippen molar-refractivity contribution in [3.05, 3.63) is 44.6 Å². The van der Waals surface area contributed by atoms with Crippen molar-refractivity contribution in [3.63, 3.8) is 0 Å². The number of nitrogens with zero attached hydrogens (tertiary/aromatic N) is 4. The van der Waals surface area contributed by atoms with Gasteiger partial charge in [-0.05, 0) is 50.9 Å². The lowest BCUT2D eigenvalue weighted by Gasteiger charge is -2.31. The van der Waals surface area contributed by atoms with Crippen LogP contribution in [0, 0.1) is 0 Å². The number of piperidine rings is 1. The molecule has 7 nitrogen and oxygen atoms in total. The Morgan fingerprint density at radius 2 is 1.87 bits per heavy atom. The van der Waals surface area contributed by atoms with Gasteiger partial charge in [0.05, 0.1) is 22.3 Å². The normalized spacial score (nSPS) is 18.8. The van der Waals surface area contributed by atoms with Crippen LogP contribution in [0.2, 0.25) is 10.0 Å². The maximum absolute atomic E-state index is 12.6. The number of aryl methyl sites for hydroxylation is 1. The first-order chi connectivity index (χ1) is 14.4. The van der Waals surface area contributed by atoms with Gasteiger partial charge in [0.2, 0.25) is 5.91 Å². The second kappa shape index (κ2) is 9.12. The van der Waals surface area contributed by atoms with Crippen LogP contribution in [-0.2, 0) is 11.8 Å². The van der Waals surface area contributed by atoms with Crippen molar-refractivity contribution in [2.75, 3.05) is 25.0 Å². The molecule has 4 rings (SSSR count). The molecule has 1 saturated heterocycles. The summed E-state index contributed by atoms with van der Waals surface area (Å²) in [5.74, 6) is 1.06. The summed E-state index contributed by atoms with van der Waals surface area (Å²) >= 11 is 12.2. The third kappa shape index (κ3) is 4.43. The van der Waals surface area contributed by atoms with Gasteiger partial charge in [-0.1, -0.05) is 42.1 Å². The number of hydrogen-bond acceptors (Lipinski definition) is 4. The molecule has 1 amide bonds. The average molecular weight is 452 g/mol. The number of aromatic nitrogens is 3. The van der Waals surface area contributed by atoms with Crippen LogP contribution in [0.15, 0.2) is 23.0 Å². The summed E-state index contributed by atoms with van der Waals surface area (Å²) in [4.78, 5) is 27.2. The first kappa shape index (κ1) is 21.4. The van der Waals surface area contributed by atoms with Gasteiger partial charge in [0.15, 0.2) is 0 Å². The molecular formula is C21H27Cl2N5O2. The summed E-state index contributed by atoms with van der Waals surface area (Å²) in [5, 5.41) is 8.19. The molecule has 2 heterocycles. The molecule has 1 aliphatic carbocycles. The maximum atomic E-state index is 12.6. The number of anilines is 1. The van der Waals surface area contributed by atoms with E-state index >= 15 is 0 Å². The summed E-state index contributed by atoms with van der Waals surface area (Å²) < 4.78 is 3.42. The van der Waals surface area contributed by atoms with Crippen LogP contribution in [0.1, 0.15) is 56.3 Å². The van der Waals surface area contributed by atoms with Crippen molar-refractivity contribution in [2.45, 2.75) is 50.5 Å². The summed E-state index contributed by atoms with van der Waals surface area (Å²) in [6.07, 6.45) is 6.24. The topological polar surface area (TPSA) is 72.2 Å². The molecule has 0 atom stereocenters. The number of carbonyl (C=O) groups excluding carboxylic acids is 1. The van der Waals surface area contributed by atoms with Crippen molar-refractivity contribution in [1.29, 1.82) is 0 Å². The fraction of sp³-hybridized carbons (Fsp3) is 0.571. The zero-order valence-corrected chi connectivity index (χ0v) is 18.6. The van der Waals surface area contributed by atoms with Gasteiger partial charge < -0.3 is 5.32 Å². The standard InChI is InChI=1S/C21H27Cl2N5O2/c1-26-21(30)28(15-5-2-3-6-15)20(25-26)14-9-11-27(12-10-14)13-18(29)24-17-8-4-7-16(22)19(17)23/h4,7-8,14-15H,2-3,5-6,9-13H2,1H3,(H,24,29). The zero-order valence-electron chi connectivity index (χ0n) is 17.1. The molecule has 0 radical (unpaired) electrons. The van der Waals surface area contributed by atoms with Crippen LogP contribution < -0.4 is 11.0 Å². The first-order valence-corrected chi connectivity index (χ1v) is 11.3. The van der Waals surface area contributed by atoms with Gasteiger partial charge in [-0.3, -0.25) is 14.3 Å². The molecule has 2 aliphatic rings. The Labute approximate surface area is 185 Å². The highest BCUT2D eigenvalue weighted by molar-refractivity contribution is 6.44. The summed E-state index contributed by atoms with van der Waals surface area (Å²) in [6.45, 7) is 1.88. The molecule has 0 spiro atoms. The number of benzene rings is 1. The van der Waals surface area contributed by atoms with Gasteiger partial charge >= 0.3 is 5.69 Å². The van der Waals surface area contributed by atoms with Crippen molar-refractivity contribution in [1.82, 2.24) is 19.2 Å². The van der Waals surface area contributed by atoms with Crippen LogP contribution in [0.4, 0.5) is 5.69 Å². The highest BCUT2D eigenvalue weighted by Gasteiger charge is 2.30. The predicted octanol–water partition coefficient (Wildman–Crippen LogP) is 3.82. The second-order valence-electron chi connectivity index (χ2n) is 8.27. The lowest BCUT2D eigenvalue weighted by Crippen LogP contribution is -2.39. The number of nitrogens with one attached hydrogen (secondary N) is 1. The fourth-order valence-corrected chi connectivity index (χ4v) is 4.97. The Kier molecular flexibility index (Phi) is 6.51. The number of halogens is 2. The van der Waals surface area contributed by atoms with E-state index in [0.717, 1.165) is 44.6 Å². The molecule has 1 aromatic carbocycles. The summed E-state index contributed by atoms with van der Waals surface area (Å²) in [5.41, 5.74) is 0.523. The fourth-order valence-electron chi connectivity index (χ4n) is 4.63. The Bertz CT molecular complexity index is 972. The molecule has 9 heteroatoms. The van der Waals surface area contributed by atoms with E-state index in [9.17, 15) is 9.59 Å². The molecule has 2 aromatic rings. The number of carbonyl (C=O) groups is 1. The van der Waals surface area contributed by atoms with E-state index in [1.807, 2.05) is 4.57 Å². The average Bonchev–Trinajstić information content (AvgIpc) is 3.34. The molecule has 1 aromatic heterocycles. The Balaban J connectivity index is 1.36.